The van der Waals surface area contributed by atoms with Crippen molar-refractivity contribution in [2.75, 3.05) is 23.0 Å². The maximum Gasteiger partial charge on any atom is 0.251 e. The van der Waals surface area contributed by atoms with Gasteiger partial charge in [0.05, 0.1) is 29.2 Å². The average molecular weight is 486 g/mol. The number of rotatable bonds is 6. The summed E-state index contributed by atoms with van der Waals surface area (Å²) in [5, 5.41) is 3.02. The first-order valence-corrected chi connectivity index (χ1v) is 13.4. The largest absolute Gasteiger partial charge is 0.493 e. The molecule has 0 bridgehead atoms. The maximum absolute atomic E-state index is 13.4. The van der Waals surface area contributed by atoms with E-state index in [2.05, 4.69) is 10.3 Å². The molecule has 4 rings (SSSR count). The molecule has 1 fully saturated rings. The van der Waals surface area contributed by atoms with E-state index in [1.165, 1.54) is 0 Å². The van der Waals surface area contributed by atoms with Crippen LogP contribution in [0.1, 0.15) is 62.9 Å². The van der Waals surface area contributed by atoms with Crippen molar-refractivity contribution in [3.63, 3.8) is 0 Å². The third kappa shape index (κ3) is 4.53. The Hall–Kier alpha value is -2.94. The first kappa shape index (κ1) is 24.2. The lowest BCUT2D eigenvalue weighted by atomic mass is 9.85. The molecule has 2 aromatic rings. The average Bonchev–Trinajstić information content (AvgIpc) is 3.00. The lowest BCUT2D eigenvalue weighted by Crippen LogP contribution is -2.50. The molecule has 0 aliphatic carbocycles. The van der Waals surface area contributed by atoms with Crippen molar-refractivity contribution < 1.29 is 22.7 Å². The van der Waals surface area contributed by atoms with Gasteiger partial charge in [-0.1, -0.05) is 6.92 Å². The highest BCUT2D eigenvalue weighted by molar-refractivity contribution is 7.91. The predicted octanol–water partition coefficient (Wildman–Crippen LogP) is 3.52. The number of amides is 2. The number of hydrogen-bond donors (Lipinski definition) is 1. The van der Waals surface area contributed by atoms with Crippen LogP contribution in [0.25, 0.3) is 0 Å². The third-order valence-electron chi connectivity index (χ3n) is 6.67. The van der Waals surface area contributed by atoms with E-state index >= 15 is 0 Å². The quantitative estimate of drug-likeness (QED) is 0.671. The second-order valence-electron chi connectivity index (χ2n) is 9.86. The number of nitrogens with zero attached hydrogens (tertiary/aromatic N) is 2. The molecule has 1 saturated heterocycles. The van der Waals surface area contributed by atoms with Crippen LogP contribution in [0.15, 0.2) is 36.5 Å². The number of hydrogen-bond acceptors (Lipinski definition) is 6. The number of carbonyl (C=O) groups is 2. The number of aromatic nitrogens is 1. The Balaban J connectivity index is 1.62. The van der Waals surface area contributed by atoms with Crippen molar-refractivity contribution in [1.82, 2.24) is 10.3 Å². The fraction of sp³-hybridized carbons (Fsp3) is 0.480. The van der Waals surface area contributed by atoms with Crippen molar-refractivity contribution in [3.05, 3.63) is 47.7 Å². The molecular weight excluding hydrogens is 454 g/mol. The van der Waals surface area contributed by atoms with Gasteiger partial charge in [0.2, 0.25) is 5.91 Å². The van der Waals surface area contributed by atoms with Crippen LogP contribution in [0, 0.1) is 0 Å². The molecular formula is C25H31N3O5S. The number of anilines is 2. The Labute approximate surface area is 200 Å². The zero-order valence-electron chi connectivity index (χ0n) is 20.1. The summed E-state index contributed by atoms with van der Waals surface area (Å²) in [7, 11) is -3.03. The number of nitrogens with one attached hydrogen (secondary N) is 1. The zero-order valence-corrected chi connectivity index (χ0v) is 20.9. The zero-order chi connectivity index (χ0) is 24.7. The molecule has 34 heavy (non-hydrogen) atoms. The smallest absolute Gasteiger partial charge is 0.251 e. The van der Waals surface area contributed by atoms with Gasteiger partial charge in [-0.25, -0.2) is 13.4 Å². The normalized spacial score (nSPS) is 20.0. The summed E-state index contributed by atoms with van der Waals surface area (Å²) in [5.74, 6) is 0.837. The molecule has 3 heterocycles. The van der Waals surface area contributed by atoms with E-state index in [-0.39, 0.29) is 23.3 Å². The Bertz CT molecular complexity index is 1220. The molecule has 1 aromatic carbocycles. The van der Waals surface area contributed by atoms with Gasteiger partial charge in [-0.15, -0.1) is 0 Å². The van der Waals surface area contributed by atoms with Crippen molar-refractivity contribution in [1.29, 1.82) is 0 Å². The van der Waals surface area contributed by atoms with Crippen LogP contribution in [0.4, 0.5) is 11.5 Å². The molecule has 182 valence electrons. The van der Waals surface area contributed by atoms with E-state index < -0.39 is 20.8 Å². The van der Waals surface area contributed by atoms with Gasteiger partial charge in [0, 0.05) is 23.4 Å². The molecule has 0 radical (unpaired) electrons. The van der Waals surface area contributed by atoms with Crippen LogP contribution in [0.5, 0.6) is 5.75 Å². The number of carbonyl (C=O) groups excluding carboxylic acids is 2. The van der Waals surface area contributed by atoms with Gasteiger partial charge in [0.15, 0.2) is 0 Å². The van der Waals surface area contributed by atoms with E-state index in [9.17, 15) is 18.0 Å². The minimum absolute atomic E-state index is 0.0680. The molecule has 0 spiro atoms. The van der Waals surface area contributed by atoms with Crippen LogP contribution >= 0.6 is 0 Å². The van der Waals surface area contributed by atoms with Crippen molar-refractivity contribution in [3.8, 4) is 5.75 Å². The Morgan fingerprint density at radius 2 is 1.85 bits per heavy atom. The van der Waals surface area contributed by atoms with Crippen LogP contribution in [0.2, 0.25) is 0 Å². The van der Waals surface area contributed by atoms with Crippen molar-refractivity contribution in [2.24, 2.45) is 0 Å². The molecule has 1 N–H and O–H groups in total. The van der Waals surface area contributed by atoms with Crippen LogP contribution < -0.4 is 15.0 Å². The predicted molar refractivity (Wildman–Crippen MR) is 130 cm³/mol. The van der Waals surface area contributed by atoms with Gasteiger partial charge < -0.3 is 10.1 Å². The van der Waals surface area contributed by atoms with Gasteiger partial charge in [0.1, 0.15) is 21.4 Å². The number of ether oxygens (including phenoxy) is 1. The topological polar surface area (TPSA) is 106 Å². The van der Waals surface area contributed by atoms with Gasteiger partial charge in [-0.05, 0) is 69.9 Å². The summed E-state index contributed by atoms with van der Waals surface area (Å²) < 4.78 is 29.3. The lowest BCUT2D eigenvalue weighted by Gasteiger charge is -2.34. The number of sulfone groups is 1. The number of fused-ring (bicyclic) bond motifs is 1. The molecule has 2 aliphatic rings. The minimum atomic E-state index is -3.03. The summed E-state index contributed by atoms with van der Waals surface area (Å²) in [5.41, 5.74) is 0.423. The summed E-state index contributed by atoms with van der Waals surface area (Å²) in [6.45, 7) is 8.14. The fourth-order valence-corrected chi connectivity index (χ4v) is 6.12. The second-order valence-corrected chi connectivity index (χ2v) is 12.2. The van der Waals surface area contributed by atoms with Crippen molar-refractivity contribution in [2.45, 2.75) is 57.9 Å². The Morgan fingerprint density at radius 3 is 2.53 bits per heavy atom. The molecule has 2 aliphatic heterocycles. The first-order valence-electron chi connectivity index (χ1n) is 11.6. The molecule has 1 aromatic heterocycles. The highest BCUT2D eigenvalue weighted by Gasteiger charge is 2.45. The highest BCUT2D eigenvalue weighted by atomic mass is 32.2. The Morgan fingerprint density at radius 1 is 1.15 bits per heavy atom. The first-order chi connectivity index (χ1) is 16.0. The summed E-state index contributed by atoms with van der Waals surface area (Å²) in [4.78, 5) is 32.5. The molecule has 2 amide bonds. The van der Waals surface area contributed by atoms with E-state index in [1.54, 1.807) is 41.4 Å². The van der Waals surface area contributed by atoms with Crippen LogP contribution in [-0.4, -0.2) is 48.9 Å². The maximum atomic E-state index is 13.4. The van der Waals surface area contributed by atoms with Crippen molar-refractivity contribution >= 4 is 33.2 Å². The van der Waals surface area contributed by atoms with Gasteiger partial charge >= 0.3 is 0 Å². The van der Waals surface area contributed by atoms with Crippen LogP contribution in [-0.2, 0) is 20.0 Å². The standard InChI is InChI=1S/C25H31N3O5S/c1-5-12-33-18-8-11-26-21(16-18)28-20-7-6-17(15-19(20)24(2,3)23(28)30)22(29)27-25(4)9-13-34(31,32)14-10-25/h6-8,11,15-16H,5,9-10,12-14H2,1-4H3,(H,27,29). The summed E-state index contributed by atoms with van der Waals surface area (Å²) in [6, 6.07) is 8.72. The highest BCUT2D eigenvalue weighted by Crippen LogP contribution is 2.45. The monoisotopic (exact) mass is 485 g/mol. The minimum Gasteiger partial charge on any atom is -0.493 e. The fourth-order valence-electron chi connectivity index (χ4n) is 4.40. The van der Waals surface area contributed by atoms with Gasteiger partial charge in [-0.2, -0.15) is 0 Å². The summed E-state index contributed by atoms with van der Waals surface area (Å²) in [6.07, 6.45) is 3.25. The SMILES string of the molecule is CCCOc1ccnc(N2C(=O)C(C)(C)c3cc(C(=O)NC4(C)CCS(=O)(=O)CC4)ccc32)c1. The van der Waals surface area contributed by atoms with Gasteiger partial charge in [0.25, 0.3) is 5.91 Å². The molecule has 8 nitrogen and oxygen atoms in total. The third-order valence-corrected chi connectivity index (χ3v) is 8.33. The van der Waals surface area contributed by atoms with E-state index in [0.717, 1.165) is 12.0 Å². The Kier molecular flexibility index (Phi) is 6.18. The molecule has 9 heteroatoms. The summed E-state index contributed by atoms with van der Waals surface area (Å²) >= 11 is 0. The van der Waals surface area contributed by atoms with E-state index in [0.29, 0.717) is 42.3 Å². The van der Waals surface area contributed by atoms with Crippen LogP contribution in [0.3, 0.4) is 0 Å². The lowest BCUT2D eigenvalue weighted by molar-refractivity contribution is -0.121. The molecule has 0 atom stereocenters. The van der Waals surface area contributed by atoms with Gasteiger partial charge in [-0.3, -0.25) is 14.5 Å². The molecule has 0 unspecified atom stereocenters. The number of benzene rings is 1. The second kappa shape index (κ2) is 8.69. The number of pyridine rings is 1. The van der Waals surface area contributed by atoms with E-state index in [1.807, 2.05) is 27.7 Å². The molecule has 0 saturated carbocycles. The van der Waals surface area contributed by atoms with E-state index in [4.69, 9.17) is 4.74 Å².